The van der Waals surface area contributed by atoms with Crippen LogP contribution in [0.3, 0.4) is 0 Å². The van der Waals surface area contributed by atoms with Crippen LogP contribution in [0.25, 0.3) is 0 Å². The second kappa shape index (κ2) is 13.0. The molecule has 0 aliphatic heterocycles. The molecule has 13 heteroatoms. The monoisotopic (exact) mass is 428 g/mol. The zero-order valence-electron chi connectivity index (χ0n) is 16.1. The maximum atomic E-state index is 10.9. The zero-order chi connectivity index (χ0) is 20.9. The van der Waals surface area contributed by atoms with Crippen LogP contribution in [0.1, 0.15) is 12.6 Å². The number of carbonyl (C=O) groups is 1. The van der Waals surface area contributed by atoms with Gasteiger partial charge in [0, 0.05) is 12.7 Å². The first-order chi connectivity index (χ1) is 14.1. The van der Waals surface area contributed by atoms with Crippen molar-refractivity contribution in [2.45, 2.75) is 20.0 Å². The highest BCUT2D eigenvalue weighted by Gasteiger charge is 2.15. The molecule has 0 unspecified atom stereocenters. The van der Waals surface area contributed by atoms with E-state index in [4.69, 9.17) is 14.2 Å². The van der Waals surface area contributed by atoms with Crippen molar-refractivity contribution in [1.82, 2.24) is 24.5 Å². The molecule has 0 bridgehead atoms. The number of aromatic nitrogens is 5. The van der Waals surface area contributed by atoms with Crippen LogP contribution >= 0.6 is 11.8 Å². The summed E-state index contributed by atoms with van der Waals surface area (Å²) in [5.74, 6) is 0.421. The number of rotatable bonds is 15. The third-order valence-corrected chi connectivity index (χ3v) is 4.29. The van der Waals surface area contributed by atoms with Crippen molar-refractivity contribution in [1.29, 1.82) is 0 Å². The van der Waals surface area contributed by atoms with Crippen LogP contribution in [0.15, 0.2) is 18.6 Å². The van der Waals surface area contributed by atoms with Crippen LogP contribution in [0.4, 0.5) is 5.95 Å². The third-order valence-electron chi connectivity index (χ3n) is 3.52. The lowest BCUT2D eigenvalue weighted by Gasteiger charge is -2.06. The van der Waals surface area contributed by atoms with E-state index < -0.39 is 4.92 Å². The quantitative estimate of drug-likeness (QED) is 0.227. The van der Waals surface area contributed by atoms with E-state index in [-0.39, 0.29) is 17.6 Å². The molecule has 2 aromatic heterocycles. The third kappa shape index (κ3) is 9.13. The van der Waals surface area contributed by atoms with Crippen LogP contribution in [-0.2, 0) is 32.1 Å². The maximum Gasteiger partial charge on any atom is 0.434 e. The van der Waals surface area contributed by atoms with Gasteiger partial charge in [-0.15, -0.1) is 5.10 Å². The van der Waals surface area contributed by atoms with Crippen molar-refractivity contribution in [3.05, 3.63) is 34.4 Å². The molecule has 0 aromatic carbocycles. The molecule has 0 spiro atoms. The molecule has 0 aliphatic rings. The molecule has 0 N–H and O–H groups in total. The van der Waals surface area contributed by atoms with Crippen LogP contribution < -0.4 is 0 Å². The average molecular weight is 428 g/mol. The van der Waals surface area contributed by atoms with Gasteiger partial charge in [-0.25, -0.2) is 9.25 Å². The molecule has 0 atom stereocenters. The summed E-state index contributed by atoms with van der Waals surface area (Å²) >= 11 is 1.24. The lowest BCUT2D eigenvalue weighted by molar-refractivity contribution is -0.396. The van der Waals surface area contributed by atoms with Crippen LogP contribution in [0.2, 0.25) is 0 Å². The average Bonchev–Trinajstić information content (AvgIpc) is 3.32. The summed E-state index contributed by atoms with van der Waals surface area (Å²) in [5, 5.41) is 18.9. The van der Waals surface area contributed by atoms with Gasteiger partial charge in [-0.1, -0.05) is 22.0 Å². The molecule has 2 rings (SSSR count). The smallest absolute Gasteiger partial charge is 0.390 e. The number of nitrogens with zero attached hydrogens (tertiary/aromatic N) is 6. The Balaban J connectivity index is 1.50. The van der Waals surface area contributed by atoms with Crippen molar-refractivity contribution < 1.29 is 23.9 Å². The normalized spacial score (nSPS) is 11.1. The Hall–Kier alpha value is -2.35. The molecule has 0 amide bonds. The fourth-order valence-corrected chi connectivity index (χ4v) is 2.72. The minimum atomic E-state index is -0.542. The van der Waals surface area contributed by atoms with Crippen LogP contribution in [-0.4, -0.2) is 80.0 Å². The Morgan fingerprint density at radius 3 is 2.55 bits per heavy atom. The lowest BCUT2D eigenvalue weighted by atomic mass is 10.4. The molecule has 0 saturated heterocycles. The van der Waals surface area contributed by atoms with Crippen LogP contribution in [0.5, 0.6) is 0 Å². The second-order valence-corrected chi connectivity index (χ2v) is 7.03. The second-order valence-electron chi connectivity index (χ2n) is 5.76. The van der Waals surface area contributed by atoms with E-state index >= 15 is 0 Å². The van der Waals surface area contributed by atoms with Gasteiger partial charge in [0.05, 0.1) is 52.4 Å². The summed E-state index contributed by atoms with van der Waals surface area (Å²) in [6.45, 7) is 5.09. The number of imidazole rings is 1. The molecule has 160 valence electrons. The Kier molecular flexibility index (Phi) is 10.3. The van der Waals surface area contributed by atoms with Gasteiger partial charge >= 0.3 is 5.95 Å². The topological polar surface area (TPSA) is 136 Å². The van der Waals surface area contributed by atoms with E-state index in [1.165, 1.54) is 35.6 Å². The van der Waals surface area contributed by atoms with Gasteiger partial charge in [0.2, 0.25) is 0 Å². The van der Waals surface area contributed by atoms with Gasteiger partial charge in [-0.2, -0.15) is 0 Å². The van der Waals surface area contributed by atoms with Crippen molar-refractivity contribution in [2.24, 2.45) is 0 Å². The van der Waals surface area contributed by atoms with E-state index in [0.29, 0.717) is 57.6 Å². The summed E-state index contributed by atoms with van der Waals surface area (Å²) in [5.41, 5.74) is 0.594. The van der Waals surface area contributed by atoms with E-state index in [0.717, 1.165) is 0 Å². The minimum Gasteiger partial charge on any atom is -0.390 e. The molecule has 0 aliphatic carbocycles. The van der Waals surface area contributed by atoms with E-state index in [2.05, 4.69) is 15.3 Å². The zero-order valence-corrected chi connectivity index (χ0v) is 17.0. The first-order valence-electron chi connectivity index (χ1n) is 8.97. The van der Waals surface area contributed by atoms with Gasteiger partial charge in [0.15, 0.2) is 5.12 Å². The highest BCUT2D eigenvalue weighted by Crippen LogP contribution is 2.09. The molecule has 0 fully saturated rings. The molecular formula is C16H24N6O6S. The van der Waals surface area contributed by atoms with Crippen molar-refractivity contribution in [3.63, 3.8) is 0 Å². The fourth-order valence-electron chi connectivity index (χ4n) is 2.24. The Labute approximate surface area is 171 Å². The Morgan fingerprint density at radius 2 is 1.86 bits per heavy atom. The van der Waals surface area contributed by atoms with Gasteiger partial charge < -0.3 is 24.3 Å². The van der Waals surface area contributed by atoms with E-state index in [1.54, 1.807) is 10.9 Å². The lowest BCUT2D eigenvalue weighted by Crippen LogP contribution is -2.13. The van der Waals surface area contributed by atoms with Gasteiger partial charge in [-0.3, -0.25) is 4.79 Å². The number of hydrogen-bond donors (Lipinski definition) is 0. The summed E-state index contributed by atoms with van der Waals surface area (Å²) in [6.07, 6.45) is 4.61. The number of nitro groups is 1. The first kappa shape index (κ1) is 22.9. The molecule has 29 heavy (non-hydrogen) atoms. The molecular weight excluding hydrogens is 404 g/mol. The van der Waals surface area contributed by atoms with Gasteiger partial charge in [0.25, 0.3) is 0 Å². The number of thioether (sulfide) groups is 1. The van der Waals surface area contributed by atoms with E-state index in [9.17, 15) is 14.9 Å². The summed E-state index contributed by atoms with van der Waals surface area (Å²) in [6, 6.07) is 0. The van der Waals surface area contributed by atoms with Crippen molar-refractivity contribution >= 4 is 22.8 Å². The number of ether oxygens (including phenoxy) is 3. The number of carbonyl (C=O) groups excluding carboxylic acids is 1. The maximum absolute atomic E-state index is 10.9. The van der Waals surface area contributed by atoms with Crippen LogP contribution in [0, 0.1) is 10.1 Å². The molecule has 2 heterocycles. The molecule has 0 radical (unpaired) electrons. The van der Waals surface area contributed by atoms with Gasteiger partial charge in [-0.05, 0) is 4.92 Å². The van der Waals surface area contributed by atoms with Crippen molar-refractivity contribution in [2.75, 3.05) is 45.4 Å². The Morgan fingerprint density at radius 1 is 1.17 bits per heavy atom. The standard InChI is InChI=1S/C16H24N6O6S/c1-14(23)29-11-10-28-9-8-27-7-6-26-5-4-21-13-15(18-19-21)12-20-3-2-17-16(20)22(24)25/h2-3,13H,4-12H2,1H3. The Bertz CT molecular complexity index is 767. The minimum absolute atomic E-state index is 0.0892. The summed E-state index contributed by atoms with van der Waals surface area (Å²) in [4.78, 5) is 24.7. The predicted octanol–water partition coefficient (Wildman–Crippen LogP) is 0.761. The first-order valence-corrected chi connectivity index (χ1v) is 9.96. The number of hydrogen-bond acceptors (Lipinski definition) is 10. The largest absolute Gasteiger partial charge is 0.434 e. The predicted molar refractivity (Wildman–Crippen MR) is 104 cm³/mol. The van der Waals surface area contributed by atoms with Crippen molar-refractivity contribution in [3.8, 4) is 0 Å². The van der Waals surface area contributed by atoms with Gasteiger partial charge in [0.1, 0.15) is 24.6 Å². The SMILES string of the molecule is CC(=O)SCCOCCOCCOCCn1cc(Cn2ccnc2[N+](=O)[O-])nn1. The molecule has 12 nitrogen and oxygen atoms in total. The highest BCUT2D eigenvalue weighted by molar-refractivity contribution is 8.13. The summed E-state index contributed by atoms with van der Waals surface area (Å²) in [7, 11) is 0. The fraction of sp³-hybridized carbons (Fsp3) is 0.625. The molecule has 0 saturated carbocycles. The highest BCUT2D eigenvalue weighted by atomic mass is 32.2. The summed E-state index contributed by atoms with van der Waals surface area (Å²) < 4.78 is 19.2. The van der Waals surface area contributed by atoms with E-state index in [1.807, 2.05) is 0 Å². The molecule has 2 aromatic rings.